The molecule has 0 radical (unpaired) electrons. The molecular formula is C18H30ClIN4O2. The van der Waals surface area contributed by atoms with E-state index in [1.807, 2.05) is 40.0 Å². The zero-order valence-corrected chi connectivity index (χ0v) is 19.4. The molecule has 0 fully saturated rings. The fourth-order valence-corrected chi connectivity index (χ4v) is 2.56. The zero-order valence-electron chi connectivity index (χ0n) is 16.4. The molecule has 0 saturated heterocycles. The lowest BCUT2D eigenvalue weighted by Gasteiger charge is -2.25. The van der Waals surface area contributed by atoms with Crippen molar-refractivity contribution < 1.29 is 9.53 Å². The first-order valence-electron chi connectivity index (χ1n) is 8.21. The predicted molar refractivity (Wildman–Crippen MR) is 119 cm³/mol. The average molecular weight is 497 g/mol. The van der Waals surface area contributed by atoms with Gasteiger partial charge in [-0.1, -0.05) is 17.7 Å². The Morgan fingerprint density at radius 3 is 2.50 bits per heavy atom. The van der Waals surface area contributed by atoms with Crippen LogP contribution in [-0.4, -0.2) is 56.6 Å². The number of nitrogens with zero attached hydrogens (tertiary/aromatic N) is 2. The number of likely N-dealkylation sites (N-methyl/N-ethyl adjacent to an activating group) is 1. The quantitative estimate of drug-likeness (QED) is 0.361. The smallest absolute Gasteiger partial charge is 0.240 e. The van der Waals surface area contributed by atoms with E-state index in [2.05, 4.69) is 15.6 Å². The number of nitrogens with one attached hydrogen (secondary N) is 2. The van der Waals surface area contributed by atoms with Crippen LogP contribution in [0.15, 0.2) is 23.2 Å². The van der Waals surface area contributed by atoms with Crippen LogP contribution in [0.4, 0.5) is 0 Å². The lowest BCUT2D eigenvalue weighted by molar-refractivity contribution is -0.122. The van der Waals surface area contributed by atoms with Crippen LogP contribution in [0.1, 0.15) is 26.3 Å². The third kappa shape index (κ3) is 8.93. The summed E-state index contributed by atoms with van der Waals surface area (Å²) < 4.78 is 5.15. The third-order valence-electron chi connectivity index (χ3n) is 3.41. The Hall–Kier alpha value is -1.22. The van der Waals surface area contributed by atoms with E-state index < -0.39 is 0 Å². The summed E-state index contributed by atoms with van der Waals surface area (Å²) in [6.07, 6.45) is 0.740. The van der Waals surface area contributed by atoms with Crippen LogP contribution in [0.2, 0.25) is 5.02 Å². The Kier molecular flexibility index (Phi) is 10.9. The van der Waals surface area contributed by atoms with Crippen molar-refractivity contribution in [1.29, 1.82) is 0 Å². The van der Waals surface area contributed by atoms with E-state index in [0.29, 0.717) is 17.5 Å². The number of halogens is 2. The highest BCUT2D eigenvalue weighted by Gasteiger charge is 2.16. The summed E-state index contributed by atoms with van der Waals surface area (Å²) in [6, 6.07) is 5.64. The van der Waals surface area contributed by atoms with Crippen molar-refractivity contribution in [3.8, 4) is 5.75 Å². The number of amides is 1. The normalized spacial score (nSPS) is 11.4. The van der Waals surface area contributed by atoms with E-state index in [0.717, 1.165) is 17.7 Å². The van der Waals surface area contributed by atoms with Crippen LogP contribution in [0.25, 0.3) is 0 Å². The van der Waals surface area contributed by atoms with Gasteiger partial charge < -0.3 is 20.3 Å². The molecule has 0 aliphatic heterocycles. The van der Waals surface area contributed by atoms with Crippen molar-refractivity contribution in [2.24, 2.45) is 4.99 Å². The Balaban J connectivity index is 0.00000625. The van der Waals surface area contributed by atoms with E-state index in [4.69, 9.17) is 16.3 Å². The van der Waals surface area contributed by atoms with Crippen molar-refractivity contribution in [3.63, 3.8) is 0 Å². The molecule has 6 nitrogen and oxygen atoms in total. The molecule has 0 spiro atoms. The van der Waals surface area contributed by atoms with Gasteiger partial charge in [-0.15, -0.1) is 24.0 Å². The molecular weight excluding hydrogens is 467 g/mol. The summed E-state index contributed by atoms with van der Waals surface area (Å²) in [5, 5.41) is 6.86. The number of rotatable bonds is 6. The number of hydrogen-bond donors (Lipinski definition) is 2. The second kappa shape index (κ2) is 11.5. The van der Waals surface area contributed by atoms with Gasteiger partial charge in [0, 0.05) is 31.2 Å². The maximum atomic E-state index is 12.0. The number of carbonyl (C=O) groups is 1. The predicted octanol–water partition coefficient (Wildman–Crippen LogP) is 2.93. The van der Waals surface area contributed by atoms with E-state index >= 15 is 0 Å². The molecule has 148 valence electrons. The van der Waals surface area contributed by atoms with Crippen LogP contribution in [0.3, 0.4) is 0 Å². The molecule has 0 heterocycles. The highest BCUT2D eigenvalue weighted by atomic mass is 127. The van der Waals surface area contributed by atoms with Crippen molar-refractivity contribution in [2.75, 3.05) is 34.3 Å². The lowest BCUT2D eigenvalue weighted by Crippen LogP contribution is -2.49. The molecule has 0 aliphatic carbocycles. The van der Waals surface area contributed by atoms with Gasteiger partial charge in [0.25, 0.3) is 0 Å². The Morgan fingerprint density at radius 1 is 1.35 bits per heavy atom. The highest BCUT2D eigenvalue weighted by Crippen LogP contribution is 2.22. The number of aliphatic imine (C=N–C) groups is 1. The molecule has 0 aliphatic rings. The number of methoxy groups -OCH3 is 1. The minimum atomic E-state index is -0.250. The molecule has 1 aromatic rings. The molecule has 26 heavy (non-hydrogen) atoms. The number of benzene rings is 1. The van der Waals surface area contributed by atoms with Crippen molar-refractivity contribution in [1.82, 2.24) is 15.5 Å². The van der Waals surface area contributed by atoms with Gasteiger partial charge in [-0.05, 0) is 44.9 Å². The molecule has 0 atom stereocenters. The van der Waals surface area contributed by atoms with Gasteiger partial charge in [0.05, 0.1) is 13.7 Å². The largest absolute Gasteiger partial charge is 0.497 e. The maximum absolute atomic E-state index is 12.0. The number of guanidine groups is 1. The Bertz CT molecular complexity index is 618. The summed E-state index contributed by atoms with van der Waals surface area (Å²) in [7, 11) is 5.14. The first kappa shape index (κ1) is 24.8. The van der Waals surface area contributed by atoms with Gasteiger partial charge in [-0.3, -0.25) is 9.79 Å². The van der Waals surface area contributed by atoms with Crippen LogP contribution >= 0.6 is 35.6 Å². The maximum Gasteiger partial charge on any atom is 0.240 e. The summed E-state index contributed by atoms with van der Waals surface area (Å²) in [6.45, 7) is 6.76. The summed E-state index contributed by atoms with van der Waals surface area (Å²) in [4.78, 5) is 18.0. The summed E-state index contributed by atoms with van der Waals surface area (Å²) in [5.41, 5.74) is 0.776. The SMILES string of the molecule is CN=C(NCCc1ccc(OC)cc1Cl)N(C)CC(=O)NC(C)(C)C.I. The summed E-state index contributed by atoms with van der Waals surface area (Å²) >= 11 is 6.25. The monoisotopic (exact) mass is 496 g/mol. The van der Waals surface area contributed by atoms with E-state index in [-0.39, 0.29) is 42.0 Å². The van der Waals surface area contributed by atoms with E-state index in [9.17, 15) is 4.79 Å². The molecule has 8 heteroatoms. The van der Waals surface area contributed by atoms with Gasteiger partial charge in [-0.2, -0.15) is 0 Å². The van der Waals surface area contributed by atoms with Gasteiger partial charge >= 0.3 is 0 Å². The minimum Gasteiger partial charge on any atom is -0.497 e. The van der Waals surface area contributed by atoms with Crippen molar-refractivity contribution in [2.45, 2.75) is 32.7 Å². The topological polar surface area (TPSA) is 66.0 Å². The Labute approximate surface area is 178 Å². The van der Waals surface area contributed by atoms with E-state index in [1.54, 1.807) is 25.1 Å². The first-order valence-corrected chi connectivity index (χ1v) is 8.59. The molecule has 0 aromatic heterocycles. The average Bonchev–Trinajstić information content (AvgIpc) is 2.50. The summed E-state index contributed by atoms with van der Waals surface area (Å²) in [5.74, 6) is 1.35. The first-order chi connectivity index (χ1) is 11.7. The lowest BCUT2D eigenvalue weighted by atomic mass is 10.1. The van der Waals surface area contributed by atoms with Crippen LogP contribution < -0.4 is 15.4 Å². The van der Waals surface area contributed by atoms with Crippen LogP contribution in [-0.2, 0) is 11.2 Å². The van der Waals surface area contributed by atoms with Crippen LogP contribution in [0, 0.1) is 0 Å². The second-order valence-electron chi connectivity index (χ2n) is 6.84. The number of hydrogen-bond acceptors (Lipinski definition) is 3. The Morgan fingerprint density at radius 2 is 2.00 bits per heavy atom. The standard InChI is InChI=1S/C18H29ClN4O2.HI/c1-18(2,3)22-16(24)12-23(5)17(20-4)21-10-9-13-7-8-14(25-6)11-15(13)19;/h7-8,11H,9-10,12H2,1-6H3,(H,20,21)(H,22,24);1H. The van der Waals surface area contributed by atoms with Gasteiger partial charge in [0.2, 0.25) is 5.91 Å². The van der Waals surface area contributed by atoms with Crippen molar-refractivity contribution >= 4 is 47.4 Å². The number of carbonyl (C=O) groups excluding carboxylic acids is 1. The van der Waals surface area contributed by atoms with Crippen molar-refractivity contribution in [3.05, 3.63) is 28.8 Å². The molecule has 0 saturated carbocycles. The highest BCUT2D eigenvalue weighted by molar-refractivity contribution is 14.0. The van der Waals surface area contributed by atoms with Gasteiger partial charge in [0.1, 0.15) is 5.75 Å². The molecule has 0 unspecified atom stereocenters. The third-order valence-corrected chi connectivity index (χ3v) is 3.76. The fraction of sp³-hybridized carbons (Fsp3) is 0.556. The molecule has 1 aromatic carbocycles. The zero-order chi connectivity index (χ0) is 19.0. The molecule has 2 N–H and O–H groups in total. The molecule has 1 rings (SSSR count). The van der Waals surface area contributed by atoms with Crippen LogP contribution in [0.5, 0.6) is 5.75 Å². The van der Waals surface area contributed by atoms with E-state index in [1.165, 1.54) is 0 Å². The second-order valence-corrected chi connectivity index (χ2v) is 7.24. The van der Waals surface area contributed by atoms with Gasteiger partial charge in [0.15, 0.2) is 5.96 Å². The molecule has 1 amide bonds. The fourth-order valence-electron chi connectivity index (χ4n) is 2.30. The number of ether oxygens (including phenoxy) is 1. The molecule has 0 bridgehead atoms. The van der Waals surface area contributed by atoms with Gasteiger partial charge in [-0.25, -0.2) is 0 Å². The minimum absolute atomic E-state index is 0.